The van der Waals surface area contributed by atoms with Crippen molar-refractivity contribution in [2.24, 2.45) is 0 Å². The molecule has 3 N–H and O–H groups in total. The monoisotopic (exact) mass is 270 g/mol. The van der Waals surface area contributed by atoms with Crippen molar-refractivity contribution < 1.29 is 9.29 Å². The average Bonchev–Trinajstić information content (AvgIpc) is 2.29. The second kappa shape index (κ2) is 7.28. The van der Waals surface area contributed by atoms with Gasteiger partial charge >= 0.3 is 0 Å². The summed E-state index contributed by atoms with van der Waals surface area (Å²) < 4.78 is 12.8. The molecule has 3 nitrogen and oxygen atoms in total. The zero-order valence-corrected chi connectivity index (χ0v) is 11.9. The van der Waals surface area contributed by atoms with Gasteiger partial charge in [-0.15, -0.1) is 0 Å². The van der Waals surface area contributed by atoms with Crippen LogP contribution in [0.2, 0.25) is 0 Å². The Labute approximate surface area is 113 Å². The lowest BCUT2D eigenvalue weighted by Gasteiger charge is -2.17. The van der Waals surface area contributed by atoms with Crippen molar-refractivity contribution in [3.63, 3.8) is 0 Å². The summed E-state index contributed by atoms with van der Waals surface area (Å²) in [6, 6.07) is 6.51. The smallest absolute Gasteiger partial charge is 0.166 e. The van der Waals surface area contributed by atoms with E-state index in [1.807, 2.05) is 6.92 Å². The molecule has 0 aromatic heterocycles. The predicted octanol–water partition coefficient (Wildman–Crippen LogP) is 0.495. The third-order valence-electron chi connectivity index (χ3n) is 2.63. The Morgan fingerprint density at radius 2 is 1.94 bits per heavy atom. The van der Waals surface area contributed by atoms with E-state index >= 15 is 0 Å². The highest BCUT2D eigenvalue weighted by Crippen LogP contribution is 2.12. The Morgan fingerprint density at radius 3 is 2.50 bits per heavy atom. The molecule has 0 aliphatic heterocycles. The molecule has 0 amide bonds. The highest BCUT2D eigenvalue weighted by atomic mass is 32.1. The topological polar surface area (TPSA) is 28.5 Å². The van der Waals surface area contributed by atoms with Gasteiger partial charge in [-0.05, 0) is 36.8 Å². The number of hydrogen-bond acceptors (Lipinski definition) is 1. The lowest BCUT2D eigenvalue weighted by atomic mass is 10.1. The van der Waals surface area contributed by atoms with Gasteiger partial charge in [-0.1, -0.05) is 12.1 Å². The molecule has 0 fully saturated rings. The van der Waals surface area contributed by atoms with E-state index in [1.54, 1.807) is 12.1 Å². The van der Waals surface area contributed by atoms with Crippen LogP contribution in [0.3, 0.4) is 0 Å². The van der Waals surface area contributed by atoms with E-state index in [0.29, 0.717) is 5.11 Å². The SMILES string of the molecule is C[C@@H](NC(=S)NCC[NH+](C)C)c1ccc(F)cc1. The van der Waals surface area contributed by atoms with Crippen LogP contribution >= 0.6 is 12.2 Å². The molecule has 0 saturated heterocycles. The summed E-state index contributed by atoms with van der Waals surface area (Å²) in [6.45, 7) is 3.84. The van der Waals surface area contributed by atoms with Crippen molar-refractivity contribution in [2.75, 3.05) is 27.2 Å². The maximum Gasteiger partial charge on any atom is 0.166 e. The molecule has 1 aromatic rings. The lowest BCUT2D eigenvalue weighted by molar-refractivity contribution is -0.856. The van der Waals surface area contributed by atoms with Crippen molar-refractivity contribution >= 4 is 17.3 Å². The molecule has 0 radical (unpaired) electrons. The van der Waals surface area contributed by atoms with Crippen LogP contribution in [0.1, 0.15) is 18.5 Å². The second-order valence-electron chi connectivity index (χ2n) is 4.63. The fourth-order valence-corrected chi connectivity index (χ4v) is 1.79. The molecule has 0 aliphatic rings. The van der Waals surface area contributed by atoms with Gasteiger partial charge in [-0.2, -0.15) is 0 Å². The Kier molecular flexibility index (Phi) is 6.01. The molecular formula is C13H21FN3S+. The summed E-state index contributed by atoms with van der Waals surface area (Å²) >= 11 is 5.20. The molecular weight excluding hydrogens is 249 g/mol. The first kappa shape index (κ1) is 14.9. The van der Waals surface area contributed by atoms with E-state index in [0.717, 1.165) is 18.7 Å². The van der Waals surface area contributed by atoms with Crippen LogP contribution in [0.25, 0.3) is 0 Å². The quantitative estimate of drug-likeness (QED) is 0.680. The second-order valence-corrected chi connectivity index (χ2v) is 5.04. The van der Waals surface area contributed by atoms with Gasteiger partial charge in [-0.25, -0.2) is 4.39 Å². The molecule has 0 spiro atoms. The van der Waals surface area contributed by atoms with Crippen LogP contribution in [0.5, 0.6) is 0 Å². The zero-order valence-electron chi connectivity index (χ0n) is 11.1. The Bertz CT molecular complexity index is 378. The summed E-state index contributed by atoms with van der Waals surface area (Å²) in [6.07, 6.45) is 0. The molecule has 5 heteroatoms. The van der Waals surface area contributed by atoms with Crippen LogP contribution < -0.4 is 15.5 Å². The lowest BCUT2D eigenvalue weighted by Crippen LogP contribution is -3.06. The van der Waals surface area contributed by atoms with Crippen LogP contribution in [0.15, 0.2) is 24.3 Å². The molecule has 1 atom stereocenters. The molecule has 0 unspecified atom stereocenters. The molecule has 1 aromatic carbocycles. The predicted molar refractivity (Wildman–Crippen MR) is 76.2 cm³/mol. The highest BCUT2D eigenvalue weighted by molar-refractivity contribution is 7.80. The summed E-state index contributed by atoms with van der Waals surface area (Å²) in [7, 11) is 4.19. The Balaban J connectivity index is 2.37. The van der Waals surface area contributed by atoms with E-state index in [-0.39, 0.29) is 11.9 Å². The van der Waals surface area contributed by atoms with Crippen molar-refractivity contribution in [3.8, 4) is 0 Å². The summed E-state index contributed by atoms with van der Waals surface area (Å²) in [5.74, 6) is -0.222. The normalized spacial score (nSPS) is 12.3. The number of likely N-dealkylation sites (N-methyl/N-ethyl adjacent to an activating group) is 1. The van der Waals surface area contributed by atoms with Crippen LogP contribution in [0.4, 0.5) is 4.39 Å². The number of hydrogen-bond donors (Lipinski definition) is 3. The molecule has 1 rings (SSSR count). The summed E-state index contributed by atoms with van der Waals surface area (Å²) in [5, 5.41) is 6.96. The van der Waals surface area contributed by atoms with Crippen LogP contribution in [-0.2, 0) is 0 Å². The number of thiocarbonyl (C=S) groups is 1. The van der Waals surface area contributed by atoms with Gasteiger partial charge in [0.15, 0.2) is 5.11 Å². The molecule has 0 aliphatic carbocycles. The van der Waals surface area contributed by atoms with E-state index in [4.69, 9.17) is 12.2 Å². The Morgan fingerprint density at radius 1 is 1.33 bits per heavy atom. The first-order chi connectivity index (χ1) is 8.49. The van der Waals surface area contributed by atoms with Gasteiger partial charge in [0.05, 0.1) is 33.2 Å². The minimum atomic E-state index is -0.222. The molecule has 0 saturated carbocycles. The fourth-order valence-electron chi connectivity index (χ4n) is 1.51. The molecule has 0 bridgehead atoms. The number of nitrogens with one attached hydrogen (secondary N) is 3. The Hall–Kier alpha value is -1.20. The first-order valence-electron chi connectivity index (χ1n) is 6.08. The standard InChI is InChI=1S/C13H20FN3S/c1-10(11-4-6-12(14)7-5-11)16-13(18)15-8-9-17(2)3/h4-7,10H,8-9H2,1-3H3,(H2,15,16,18)/p+1/t10-/m1/s1. The van der Waals surface area contributed by atoms with E-state index in [9.17, 15) is 4.39 Å². The maximum absolute atomic E-state index is 12.8. The minimum absolute atomic E-state index is 0.0669. The number of halogens is 1. The number of quaternary nitrogens is 1. The fraction of sp³-hybridized carbons (Fsp3) is 0.462. The van der Waals surface area contributed by atoms with E-state index in [2.05, 4.69) is 24.7 Å². The van der Waals surface area contributed by atoms with Crippen molar-refractivity contribution in [2.45, 2.75) is 13.0 Å². The number of rotatable bonds is 5. The van der Waals surface area contributed by atoms with Gasteiger partial charge < -0.3 is 15.5 Å². The van der Waals surface area contributed by atoms with Crippen LogP contribution in [0, 0.1) is 5.82 Å². The third-order valence-corrected chi connectivity index (χ3v) is 2.89. The number of benzene rings is 1. The van der Waals surface area contributed by atoms with Gasteiger partial charge in [0.2, 0.25) is 0 Å². The molecule has 18 heavy (non-hydrogen) atoms. The zero-order chi connectivity index (χ0) is 13.5. The van der Waals surface area contributed by atoms with Crippen molar-refractivity contribution in [1.29, 1.82) is 0 Å². The largest absolute Gasteiger partial charge is 0.357 e. The van der Waals surface area contributed by atoms with Gasteiger partial charge in [-0.3, -0.25) is 0 Å². The van der Waals surface area contributed by atoms with Gasteiger partial charge in [0.1, 0.15) is 5.82 Å². The first-order valence-corrected chi connectivity index (χ1v) is 6.48. The summed E-state index contributed by atoms with van der Waals surface area (Å²) in [5.41, 5.74) is 1.01. The summed E-state index contributed by atoms with van der Waals surface area (Å²) in [4.78, 5) is 1.37. The molecule has 100 valence electrons. The average molecular weight is 270 g/mol. The molecule has 0 heterocycles. The van der Waals surface area contributed by atoms with Crippen molar-refractivity contribution in [3.05, 3.63) is 35.6 Å². The van der Waals surface area contributed by atoms with Crippen LogP contribution in [-0.4, -0.2) is 32.3 Å². The highest BCUT2D eigenvalue weighted by Gasteiger charge is 2.06. The maximum atomic E-state index is 12.8. The van der Waals surface area contributed by atoms with Gasteiger partial charge in [0.25, 0.3) is 0 Å². The van der Waals surface area contributed by atoms with Gasteiger partial charge in [0, 0.05) is 0 Å². The van der Waals surface area contributed by atoms with E-state index < -0.39 is 0 Å². The van der Waals surface area contributed by atoms with E-state index in [1.165, 1.54) is 17.0 Å². The van der Waals surface area contributed by atoms with Crippen molar-refractivity contribution in [1.82, 2.24) is 10.6 Å². The third kappa shape index (κ3) is 5.42. The minimum Gasteiger partial charge on any atom is -0.357 e.